The molecule has 2 heterocycles. The highest BCUT2D eigenvalue weighted by Crippen LogP contribution is 2.36. The van der Waals surface area contributed by atoms with E-state index in [0.717, 1.165) is 10.4 Å². The molecule has 35 heavy (non-hydrogen) atoms. The number of ether oxygens (including phenoxy) is 2. The second-order valence-electron chi connectivity index (χ2n) is 8.08. The van der Waals surface area contributed by atoms with Gasteiger partial charge >= 0.3 is 5.97 Å². The summed E-state index contributed by atoms with van der Waals surface area (Å²) < 4.78 is 37.6. The Bertz CT molecular complexity index is 1300. The molecule has 0 unspecified atom stereocenters. The normalized spacial score (nSPS) is 16.5. The molecule has 1 fully saturated rings. The van der Waals surface area contributed by atoms with E-state index >= 15 is 0 Å². The van der Waals surface area contributed by atoms with E-state index in [1.165, 1.54) is 42.0 Å². The molecule has 1 N–H and O–H groups in total. The summed E-state index contributed by atoms with van der Waals surface area (Å²) in [4.78, 5) is 26.8. The van der Waals surface area contributed by atoms with Gasteiger partial charge in [-0.2, -0.15) is 4.31 Å². The number of sulfonamides is 1. The van der Waals surface area contributed by atoms with Crippen LogP contribution in [0.4, 0.5) is 5.69 Å². The van der Waals surface area contributed by atoms with Crippen LogP contribution in [-0.4, -0.2) is 51.9 Å². The molecule has 2 aromatic carbocycles. The third kappa shape index (κ3) is 5.39. The van der Waals surface area contributed by atoms with Crippen molar-refractivity contribution in [3.05, 3.63) is 65.5 Å². The van der Waals surface area contributed by atoms with Crippen LogP contribution in [0.15, 0.2) is 65.6 Å². The average Bonchev–Trinajstić information content (AvgIpc) is 3.32. The number of nitrogens with zero attached hydrogens (tertiary/aromatic N) is 1. The van der Waals surface area contributed by atoms with Crippen molar-refractivity contribution in [2.75, 3.05) is 32.6 Å². The fourth-order valence-electron chi connectivity index (χ4n) is 3.98. The molecule has 0 spiro atoms. The standard InChI is InChI=1S/C25H26N2O6S2/c1-32-19-10-12-20(13-11-19)35(30,31)27-14-6-9-18(16-27)24(28)26-21-15-22(17-7-4-3-5-8-17)34-23(21)25(29)33-2/h3-5,7-8,10-13,15,18H,6,9,14,16H2,1-2H3,(H,26,28)/t18-/m1/s1. The molecule has 0 bridgehead atoms. The molecule has 0 radical (unpaired) electrons. The van der Waals surface area contributed by atoms with Crippen LogP contribution in [0.25, 0.3) is 10.4 Å². The maximum Gasteiger partial charge on any atom is 0.350 e. The van der Waals surface area contributed by atoms with Crippen LogP contribution < -0.4 is 10.1 Å². The molecule has 4 rings (SSSR count). The number of thiophene rings is 1. The Morgan fingerprint density at radius 2 is 1.77 bits per heavy atom. The Morgan fingerprint density at radius 1 is 1.06 bits per heavy atom. The van der Waals surface area contributed by atoms with Crippen LogP contribution in [0.2, 0.25) is 0 Å². The van der Waals surface area contributed by atoms with Gasteiger partial charge in [0.15, 0.2) is 0 Å². The summed E-state index contributed by atoms with van der Waals surface area (Å²) in [7, 11) is -0.954. The summed E-state index contributed by atoms with van der Waals surface area (Å²) in [5.74, 6) is -0.865. The number of benzene rings is 2. The molecular weight excluding hydrogens is 488 g/mol. The molecule has 1 saturated heterocycles. The highest BCUT2D eigenvalue weighted by Gasteiger charge is 2.34. The number of hydrogen-bond acceptors (Lipinski definition) is 7. The number of hydrogen-bond donors (Lipinski definition) is 1. The van der Waals surface area contributed by atoms with Gasteiger partial charge in [-0.1, -0.05) is 30.3 Å². The number of esters is 1. The SMILES string of the molecule is COC(=O)c1sc(-c2ccccc2)cc1NC(=O)[C@@H]1CCCN(S(=O)(=O)c2ccc(OC)cc2)C1. The molecule has 8 nitrogen and oxygen atoms in total. The van der Waals surface area contributed by atoms with Crippen molar-refractivity contribution in [3.63, 3.8) is 0 Å². The smallest absolute Gasteiger partial charge is 0.350 e. The quantitative estimate of drug-likeness (QED) is 0.473. The number of amides is 1. The zero-order valence-corrected chi connectivity index (χ0v) is 21.0. The number of anilines is 1. The molecule has 1 atom stereocenters. The zero-order chi connectivity index (χ0) is 25.0. The number of nitrogens with one attached hydrogen (secondary N) is 1. The van der Waals surface area contributed by atoms with Crippen molar-refractivity contribution in [1.82, 2.24) is 4.31 Å². The fourth-order valence-corrected chi connectivity index (χ4v) is 6.54. The highest BCUT2D eigenvalue weighted by atomic mass is 32.2. The molecule has 3 aromatic rings. The summed E-state index contributed by atoms with van der Waals surface area (Å²) in [5.41, 5.74) is 1.28. The predicted molar refractivity (Wildman–Crippen MR) is 134 cm³/mol. The van der Waals surface area contributed by atoms with Crippen LogP contribution in [0.5, 0.6) is 5.75 Å². The predicted octanol–water partition coefficient (Wildman–Crippen LogP) is 4.25. The van der Waals surface area contributed by atoms with E-state index in [-0.39, 0.29) is 17.3 Å². The maximum absolute atomic E-state index is 13.2. The monoisotopic (exact) mass is 514 g/mol. The zero-order valence-electron chi connectivity index (χ0n) is 19.4. The van der Waals surface area contributed by atoms with Gasteiger partial charge in [0.2, 0.25) is 15.9 Å². The van der Waals surface area contributed by atoms with Gasteiger partial charge in [0.05, 0.1) is 30.7 Å². The summed E-state index contributed by atoms with van der Waals surface area (Å²) >= 11 is 1.23. The van der Waals surface area contributed by atoms with Crippen LogP contribution in [-0.2, 0) is 19.6 Å². The number of carbonyl (C=O) groups is 2. The first-order valence-electron chi connectivity index (χ1n) is 11.1. The molecule has 1 aliphatic heterocycles. The van der Waals surface area contributed by atoms with Gasteiger partial charge in [-0.15, -0.1) is 11.3 Å². The molecule has 1 aromatic heterocycles. The lowest BCUT2D eigenvalue weighted by atomic mass is 9.98. The minimum atomic E-state index is -3.76. The molecular formula is C25H26N2O6S2. The third-order valence-corrected chi connectivity index (χ3v) is 8.91. The fraction of sp³-hybridized carbons (Fsp3) is 0.280. The Hall–Kier alpha value is -3.21. The van der Waals surface area contributed by atoms with Gasteiger partial charge in [-0.3, -0.25) is 4.79 Å². The first kappa shape index (κ1) is 24.9. The van der Waals surface area contributed by atoms with Crippen LogP contribution in [0.3, 0.4) is 0 Å². The van der Waals surface area contributed by atoms with E-state index in [9.17, 15) is 18.0 Å². The van der Waals surface area contributed by atoms with Gasteiger partial charge in [-0.25, -0.2) is 13.2 Å². The van der Waals surface area contributed by atoms with Crippen molar-refractivity contribution in [2.24, 2.45) is 5.92 Å². The maximum atomic E-state index is 13.2. The molecule has 10 heteroatoms. The minimum absolute atomic E-state index is 0.0590. The van der Waals surface area contributed by atoms with Gasteiger partial charge in [0, 0.05) is 18.0 Å². The van der Waals surface area contributed by atoms with E-state index in [0.29, 0.717) is 35.7 Å². The molecule has 0 saturated carbocycles. The lowest BCUT2D eigenvalue weighted by Crippen LogP contribution is -2.43. The second kappa shape index (κ2) is 10.6. The number of piperidine rings is 1. The average molecular weight is 515 g/mol. The second-order valence-corrected chi connectivity index (χ2v) is 11.1. The summed E-state index contributed by atoms with van der Waals surface area (Å²) in [5, 5.41) is 2.85. The van der Waals surface area contributed by atoms with Gasteiger partial charge in [0.1, 0.15) is 10.6 Å². The van der Waals surface area contributed by atoms with Gasteiger partial charge in [-0.05, 0) is 48.7 Å². The summed E-state index contributed by atoms with van der Waals surface area (Å²) in [6.45, 7) is 0.394. The Labute approximate surface area is 208 Å². The van der Waals surface area contributed by atoms with Crippen molar-refractivity contribution in [2.45, 2.75) is 17.7 Å². The number of rotatable bonds is 7. The van der Waals surface area contributed by atoms with E-state index < -0.39 is 21.9 Å². The summed E-state index contributed by atoms with van der Waals surface area (Å²) in [6, 6.07) is 17.5. The van der Waals surface area contributed by atoms with E-state index in [1.54, 1.807) is 18.2 Å². The van der Waals surface area contributed by atoms with E-state index in [1.807, 2.05) is 30.3 Å². The Kier molecular flexibility index (Phi) is 7.54. The lowest BCUT2D eigenvalue weighted by Gasteiger charge is -2.31. The van der Waals surface area contributed by atoms with Crippen LogP contribution in [0, 0.1) is 5.92 Å². The van der Waals surface area contributed by atoms with Crippen molar-refractivity contribution in [3.8, 4) is 16.2 Å². The molecule has 1 amide bonds. The summed E-state index contributed by atoms with van der Waals surface area (Å²) in [6.07, 6.45) is 1.10. The molecule has 1 aliphatic rings. The molecule has 184 valence electrons. The van der Waals surface area contributed by atoms with Crippen LogP contribution >= 0.6 is 11.3 Å². The van der Waals surface area contributed by atoms with E-state index in [2.05, 4.69) is 5.32 Å². The van der Waals surface area contributed by atoms with Crippen molar-refractivity contribution < 1.29 is 27.5 Å². The van der Waals surface area contributed by atoms with Gasteiger partial charge < -0.3 is 14.8 Å². The largest absolute Gasteiger partial charge is 0.497 e. The Balaban J connectivity index is 1.53. The number of methoxy groups -OCH3 is 2. The minimum Gasteiger partial charge on any atom is -0.497 e. The molecule has 0 aliphatic carbocycles. The van der Waals surface area contributed by atoms with Crippen molar-refractivity contribution >= 4 is 38.9 Å². The van der Waals surface area contributed by atoms with E-state index in [4.69, 9.17) is 9.47 Å². The van der Waals surface area contributed by atoms with Crippen LogP contribution in [0.1, 0.15) is 22.5 Å². The Morgan fingerprint density at radius 3 is 2.43 bits per heavy atom. The first-order valence-corrected chi connectivity index (χ1v) is 13.3. The van der Waals surface area contributed by atoms with Gasteiger partial charge in [0.25, 0.3) is 0 Å². The lowest BCUT2D eigenvalue weighted by molar-refractivity contribution is -0.120. The topological polar surface area (TPSA) is 102 Å². The highest BCUT2D eigenvalue weighted by molar-refractivity contribution is 7.89. The number of carbonyl (C=O) groups excluding carboxylic acids is 2. The third-order valence-electron chi connectivity index (χ3n) is 5.87. The van der Waals surface area contributed by atoms with Crippen molar-refractivity contribution in [1.29, 1.82) is 0 Å². The first-order chi connectivity index (χ1) is 16.8.